The molecule has 9 heteroatoms. The molecule has 2 fully saturated rings. The standard InChI is InChI=1S/C20H32ClNO6S/c1-12(2)6-7-14-19(3,28-14)17-16(26-4)13(8-9-20(17,25)11-29-5)27-18(24)22-15(23)10-21/h6,13-14,16-17,25H,7-11H2,1-5H3,(H,22,23,24)/t13-,14-,16-,17-,19+,20+/m1/s1. The van der Waals surface area contributed by atoms with E-state index in [0.29, 0.717) is 18.6 Å². The molecule has 0 aromatic carbocycles. The third kappa shape index (κ3) is 5.67. The van der Waals surface area contributed by atoms with Crippen LogP contribution in [0, 0.1) is 5.92 Å². The summed E-state index contributed by atoms with van der Waals surface area (Å²) < 4.78 is 17.3. The van der Waals surface area contributed by atoms with Crippen LogP contribution in [0.4, 0.5) is 4.79 Å². The summed E-state index contributed by atoms with van der Waals surface area (Å²) in [6, 6.07) is 0. The van der Waals surface area contributed by atoms with Crippen LogP contribution in [0.1, 0.15) is 40.0 Å². The minimum atomic E-state index is -1.02. The molecule has 2 N–H and O–H groups in total. The molecule has 166 valence electrons. The van der Waals surface area contributed by atoms with Crippen LogP contribution >= 0.6 is 23.4 Å². The molecule has 0 aromatic rings. The van der Waals surface area contributed by atoms with Gasteiger partial charge in [0.15, 0.2) is 0 Å². The Balaban J connectivity index is 2.23. The minimum absolute atomic E-state index is 0.0427. The molecule has 1 aliphatic carbocycles. The number of nitrogens with one attached hydrogen (secondary N) is 1. The Labute approximate surface area is 181 Å². The zero-order valence-electron chi connectivity index (χ0n) is 17.7. The summed E-state index contributed by atoms with van der Waals surface area (Å²) >= 11 is 6.99. The molecule has 1 saturated heterocycles. The smallest absolute Gasteiger partial charge is 0.414 e. The summed E-state index contributed by atoms with van der Waals surface area (Å²) in [5.41, 5.74) is -0.408. The minimum Gasteiger partial charge on any atom is -0.443 e. The third-order valence-corrected chi connectivity index (χ3v) is 6.79. The molecule has 2 rings (SSSR count). The van der Waals surface area contributed by atoms with Gasteiger partial charge in [-0.1, -0.05) is 11.6 Å². The second kappa shape index (κ2) is 10.0. The Kier molecular flexibility index (Phi) is 8.44. The highest BCUT2D eigenvalue weighted by atomic mass is 35.5. The van der Waals surface area contributed by atoms with Gasteiger partial charge in [-0.3, -0.25) is 10.1 Å². The molecule has 1 saturated carbocycles. The normalized spacial score (nSPS) is 36.2. The highest BCUT2D eigenvalue weighted by Crippen LogP contribution is 2.55. The second-order valence-corrected chi connectivity index (χ2v) is 9.32. The van der Waals surface area contributed by atoms with Crippen molar-refractivity contribution in [3.05, 3.63) is 11.6 Å². The van der Waals surface area contributed by atoms with Crippen molar-refractivity contribution < 1.29 is 28.9 Å². The van der Waals surface area contributed by atoms with Crippen molar-refractivity contribution in [2.75, 3.05) is 25.0 Å². The maximum Gasteiger partial charge on any atom is 0.414 e. The van der Waals surface area contributed by atoms with Gasteiger partial charge in [0.25, 0.3) is 0 Å². The second-order valence-electron chi connectivity index (χ2n) is 8.19. The quantitative estimate of drug-likeness (QED) is 0.334. The van der Waals surface area contributed by atoms with Gasteiger partial charge in [0.1, 0.15) is 23.7 Å². The number of ether oxygens (including phenoxy) is 3. The van der Waals surface area contributed by atoms with Crippen molar-refractivity contribution >= 4 is 35.4 Å². The number of allylic oxidation sites excluding steroid dienone is 1. The first-order chi connectivity index (χ1) is 13.6. The van der Waals surface area contributed by atoms with Crippen LogP contribution in [0.2, 0.25) is 0 Å². The monoisotopic (exact) mass is 449 g/mol. The number of aliphatic hydroxyl groups is 1. The van der Waals surface area contributed by atoms with Gasteiger partial charge in [0.2, 0.25) is 5.91 Å². The number of hydrogen-bond acceptors (Lipinski definition) is 7. The largest absolute Gasteiger partial charge is 0.443 e. The van der Waals surface area contributed by atoms with Crippen molar-refractivity contribution in [2.24, 2.45) is 5.92 Å². The maximum atomic E-state index is 12.1. The number of imide groups is 1. The summed E-state index contributed by atoms with van der Waals surface area (Å²) in [7, 11) is 1.54. The van der Waals surface area contributed by atoms with Crippen LogP contribution in [0.25, 0.3) is 0 Å². The van der Waals surface area contributed by atoms with Gasteiger partial charge in [-0.15, -0.1) is 11.6 Å². The van der Waals surface area contributed by atoms with Crippen molar-refractivity contribution in [1.82, 2.24) is 5.32 Å². The number of alkyl carbamates (subject to hydrolysis) is 1. The van der Waals surface area contributed by atoms with Crippen LogP contribution in [0.15, 0.2) is 11.6 Å². The van der Waals surface area contributed by atoms with E-state index < -0.39 is 41.3 Å². The van der Waals surface area contributed by atoms with Gasteiger partial charge in [-0.2, -0.15) is 11.8 Å². The molecule has 1 aliphatic heterocycles. The topological polar surface area (TPSA) is 97.4 Å². The van der Waals surface area contributed by atoms with Crippen molar-refractivity contribution in [1.29, 1.82) is 0 Å². The molecule has 6 atom stereocenters. The number of carbonyl (C=O) groups excluding carboxylic acids is 2. The van der Waals surface area contributed by atoms with Gasteiger partial charge in [-0.05, 0) is 46.3 Å². The van der Waals surface area contributed by atoms with Gasteiger partial charge in [0, 0.05) is 18.8 Å². The fourth-order valence-corrected chi connectivity index (χ4v) is 5.29. The summed E-state index contributed by atoms with van der Waals surface area (Å²) in [5, 5.41) is 13.6. The Morgan fingerprint density at radius 2 is 2.10 bits per heavy atom. The number of epoxide rings is 1. The SMILES string of the molecule is CO[C@@H]1[C@H](OC(=O)NC(=O)CCl)CC[C@](O)(CSC)[C@H]1[C@@]1(C)O[C@@H]1CC=C(C)C. The van der Waals surface area contributed by atoms with E-state index in [2.05, 4.69) is 11.4 Å². The van der Waals surface area contributed by atoms with Crippen molar-refractivity contribution in [3.63, 3.8) is 0 Å². The average Bonchev–Trinajstić information content (AvgIpc) is 3.31. The van der Waals surface area contributed by atoms with Gasteiger partial charge >= 0.3 is 6.09 Å². The van der Waals surface area contributed by atoms with Crippen molar-refractivity contribution in [2.45, 2.75) is 69.5 Å². The van der Waals surface area contributed by atoms with Crippen LogP contribution in [0.3, 0.4) is 0 Å². The first-order valence-electron chi connectivity index (χ1n) is 9.73. The number of amides is 2. The lowest BCUT2D eigenvalue weighted by molar-refractivity contribution is -0.170. The fourth-order valence-electron chi connectivity index (χ4n) is 4.40. The molecule has 0 spiro atoms. The van der Waals surface area contributed by atoms with E-state index in [4.69, 9.17) is 25.8 Å². The van der Waals surface area contributed by atoms with Crippen LogP contribution < -0.4 is 5.32 Å². The highest BCUT2D eigenvalue weighted by Gasteiger charge is 2.67. The summed E-state index contributed by atoms with van der Waals surface area (Å²) in [6.07, 6.45) is 3.59. The number of alkyl halides is 1. The molecule has 2 amide bonds. The van der Waals surface area contributed by atoms with Crippen LogP contribution in [0.5, 0.6) is 0 Å². The van der Waals surface area contributed by atoms with E-state index in [1.54, 1.807) is 11.8 Å². The third-order valence-electron chi connectivity index (χ3n) is 5.76. The average molecular weight is 450 g/mol. The predicted octanol–water partition coefficient (Wildman–Crippen LogP) is 2.88. The van der Waals surface area contributed by atoms with Gasteiger partial charge < -0.3 is 19.3 Å². The zero-order chi connectivity index (χ0) is 21.8. The number of hydrogen-bond donors (Lipinski definition) is 2. The summed E-state index contributed by atoms with van der Waals surface area (Å²) in [5.74, 6) is -0.828. The Bertz CT molecular complexity index is 642. The Morgan fingerprint density at radius 1 is 1.41 bits per heavy atom. The van der Waals surface area contributed by atoms with Crippen molar-refractivity contribution in [3.8, 4) is 0 Å². The Morgan fingerprint density at radius 3 is 2.66 bits per heavy atom. The van der Waals surface area contributed by atoms with E-state index in [1.165, 1.54) is 12.7 Å². The number of thioether (sulfide) groups is 1. The van der Waals surface area contributed by atoms with E-state index in [9.17, 15) is 14.7 Å². The first-order valence-corrected chi connectivity index (χ1v) is 11.7. The summed E-state index contributed by atoms with van der Waals surface area (Å²) in [4.78, 5) is 23.4. The molecule has 0 bridgehead atoms. The molecular weight excluding hydrogens is 418 g/mol. The molecule has 1 heterocycles. The van der Waals surface area contributed by atoms with Gasteiger partial charge in [-0.25, -0.2) is 4.79 Å². The van der Waals surface area contributed by atoms with Gasteiger partial charge in [0.05, 0.1) is 11.7 Å². The molecule has 2 aliphatic rings. The lowest BCUT2D eigenvalue weighted by Crippen LogP contribution is -2.61. The van der Waals surface area contributed by atoms with E-state index in [-0.39, 0.29) is 12.0 Å². The highest BCUT2D eigenvalue weighted by molar-refractivity contribution is 7.98. The number of rotatable bonds is 8. The summed E-state index contributed by atoms with van der Waals surface area (Å²) in [6.45, 7) is 6.05. The lowest BCUT2D eigenvalue weighted by atomic mass is 9.66. The number of halogens is 1. The van der Waals surface area contributed by atoms with E-state index >= 15 is 0 Å². The maximum absolute atomic E-state index is 12.1. The number of methoxy groups -OCH3 is 1. The zero-order valence-corrected chi connectivity index (χ0v) is 19.3. The van der Waals surface area contributed by atoms with Crippen LogP contribution in [-0.2, 0) is 19.0 Å². The molecule has 0 aromatic heterocycles. The Hall–Kier alpha value is -0.800. The molecule has 0 unspecified atom stereocenters. The molecule has 0 radical (unpaired) electrons. The van der Waals surface area contributed by atoms with E-state index in [0.717, 1.165) is 6.42 Å². The first kappa shape index (κ1) is 24.5. The van der Waals surface area contributed by atoms with Crippen LogP contribution in [-0.4, -0.2) is 71.6 Å². The fraction of sp³-hybridized carbons (Fsp3) is 0.800. The number of carbonyl (C=O) groups is 2. The van der Waals surface area contributed by atoms with E-state index in [1.807, 2.05) is 27.0 Å². The predicted molar refractivity (Wildman–Crippen MR) is 113 cm³/mol. The lowest BCUT2D eigenvalue weighted by Gasteiger charge is -2.48. The molecule has 7 nitrogen and oxygen atoms in total. The molecule has 29 heavy (non-hydrogen) atoms. The molecular formula is C20H32ClNO6S.